The lowest BCUT2D eigenvalue weighted by Crippen LogP contribution is -2.00. The third-order valence-corrected chi connectivity index (χ3v) is 3.45. The predicted molar refractivity (Wildman–Crippen MR) is 63.4 cm³/mol. The third kappa shape index (κ3) is 1.24. The van der Waals surface area contributed by atoms with E-state index in [1.807, 2.05) is 30.3 Å². The van der Waals surface area contributed by atoms with E-state index in [-0.39, 0.29) is 5.43 Å². The molecule has 0 amide bonds. The molecular formula is C12H7NOS. The second kappa shape index (κ2) is 3.14. The van der Waals surface area contributed by atoms with Crippen molar-refractivity contribution in [1.29, 1.82) is 0 Å². The summed E-state index contributed by atoms with van der Waals surface area (Å²) in [6.45, 7) is 0. The minimum Gasteiger partial charge on any atom is -0.288 e. The van der Waals surface area contributed by atoms with Crippen LogP contribution in [-0.4, -0.2) is 4.98 Å². The van der Waals surface area contributed by atoms with Gasteiger partial charge in [0.15, 0.2) is 5.43 Å². The van der Waals surface area contributed by atoms with Crippen LogP contribution in [0.15, 0.2) is 47.4 Å². The van der Waals surface area contributed by atoms with Gasteiger partial charge < -0.3 is 0 Å². The molecule has 1 aromatic carbocycles. The van der Waals surface area contributed by atoms with Crippen LogP contribution in [0.1, 0.15) is 0 Å². The maximum Gasteiger partial charge on any atom is 0.197 e. The van der Waals surface area contributed by atoms with Gasteiger partial charge in [-0.15, -0.1) is 11.3 Å². The molecule has 0 saturated carbocycles. The van der Waals surface area contributed by atoms with Gasteiger partial charge in [-0.3, -0.25) is 4.79 Å². The summed E-state index contributed by atoms with van der Waals surface area (Å²) >= 11 is 1.55. The number of hydrogen-bond acceptors (Lipinski definition) is 3. The first-order chi connectivity index (χ1) is 7.36. The molecule has 2 nitrogen and oxygen atoms in total. The summed E-state index contributed by atoms with van der Waals surface area (Å²) in [5.74, 6) is 0. The standard InChI is InChI=1S/C12H7NOS/c14-11-8-4-1-2-6-10(8)15-12-9(11)5-3-7-13-12/h1-7H. The lowest BCUT2D eigenvalue weighted by molar-refractivity contribution is 1.44. The summed E-state index contributed by atoms with van der Waals surface area (Å²) in [5, 5.41) is 1.49. The van der Waals surface area contributed by atoms with Crippen molar-refractivity contribution < 1.29 is 0 Å². The van der Waals surface area contributed by atoms with E-state index in [9.17, 15) is 4.79 Å². The monoisotopic (exact) mass is 213 g/mol. The van der Waals surface area contributed by atoms with Gasteiger partial charge in [-0.25, -0.2) is 4.98 Å². The average Bonchev–Trinajstić information content (AvgIpc) is 2.30. The van der Waals surface area contributed by atoms with Crippen molar-refractivity contribution in [3.05, 3.63) is 52.8 Å². The van der Waals surface area contributed by atoms with Crippen LogP contribution in [0.2, 0.25) is 0 Å². The number of pyridine rings is 1. The molecule has 0 radical (unpaired) electrons. The molecule has 2 heterocycles. The van der Waals surface area contributed by atoms with Gasteiger partial charge in [0.2, 0.25) is 0 Å². The lowest BCUT2D eigenvalue weighted by atomic mass is 10.2. The minimum atomic E-state index is 0.0763. The van der Waals surface area contributed by atoms with E-state index in [2.05, 4.69) is 4.98 Å². The van der Waals surface area contributed by atoms with Crippen molar-refractivity contribution in [2.24, 2.45) is 0 Å². The van der Waals surface area contributed by atoms with Crippen LogP contribution >= 0.6 is 11.3 Å². The molecule has 3 heteroatoms. The Kier molecular flexibility index (Phi) is 1.79. The van der Waals surface area contributed by atoms with Crippen LogP contribution in [0.25, 0.3) is 20.3 Å². The highest BCUT2D eigenvalue weighted by molar-refractivity contribution is 7.24. The van der Waals surface area contributed by atoms with E-state index in [1.54, 1.807) is 23.6 Å². The number of aromatic nitrogens is 1. The molecule has 0 unspecified atom stereocenters. The van der Waals surface area contributed by atoms with Gasteiger partial charge in [-0.2, -0.15) is 0 Å². The average molecular weight is 213 g/mol. The van der Waals surface area contributed by atoms with E-state index < -0.39 is 0 Å². The Labute approximate surface area is 89.8 Å². The maximum absolute atomic E-state index is 12.1. The smallest absolute Gasteiger partial charge is 0.197 e. The lowest BCUT2D eigenvalue weighted by Gasteiger charge is -1.98. The number of hydrogen-bond donors (Lipinski definition) is 0. The molecule has 72 valence electrons. The van der Waals surface area contributed by atoms with Crippen molar-refractivity contribution in [1.82, 2.24) is 4.98 Å². The number of fused-ring (bicyclic) bond motifs is 2. The van der Waals surface area contributed by atoms with Gasteiger partial charge >= 0.3 is 0 Å². The Balaban J connectivity index is 2.66. The Bertz CT molecular complexity index is 645. The van der Waals surface area contributed by atoms with Crippen LogP contribution < -0.4 is 5.43 Å². The van der Waals surface area contributed by atoms with Crippen LogP contribution in [0, 0.1) is 0 Å². The van der Waals surface area contributed by atoms with Gasteiger partial charge in [0.05, 0.1) is 5.39 Å². The molecule has 0 fully saturated rings. The first kappa shape index (κ1) is 8.56. The van der Waals surface area contributed by atoms with Crippen LogP contribution in [0.5, 0.6) is 0 Å². The topological polar surface area (TPSA) is 30.0 Å². The molecular weight excluding hydrogens is 206 g/mol. The number of benzene rings is 1. The number of nitrogens with zero attached hydrogens (tertiary/aromatic N) is 1. The summed E-state index contributed by atoms with van der Waals surface area (Å²) < 4.78 is 0.994. The highest BCUT2D eigenvalue weighted by Gasteiger charge is 2.04. The highest BCUT2D eigenvalue weighted by atomic mass is 32.1. The molecule has 3 aromatic rings. The Morgan fingerprint density at radius 2 is 1.80 bits per heavy atom. The molecule has 3 rings (SSSR count). The van der Waals surface area contributed by atoms with Crippen molar-refractivity contribution in [3.8, 4) is 0 Å². The van der Waals surface area contributed by atoms with E-state index in [0.717, 1.165) is 14.9 Å². The predicted octanol–water partition coefficient (Wildman–Crippen LogP) is 2.81. The zero-order valence-electron chi connectivity index (χ0n) is 7.81. The summed E-state index contributed by atoms with van der Waals surface area (Å²) in [6, 6.07) is 11.3. The molecule has 0 N–H and O–H groups in total. The molecule has 0 aliphatic heterocycles. The fourth-order valence-corrected chi connectivity index (χ4v) is 2.65. The SMILES string of the molecule is O=c1c2ccccc2sc2ncccc12. The van der Waals surface area contributed by atoms with Gasteiger partial charge in [0, 0.05) is 16.3 Å². The zero-order valence-corrected chi connectivity index (χ0v) is 8.62. The maximum atomic E-state index is 12.1. The molecule has 0 saturated heterocycles. The van der Waals surface area contributed by atoms with Gasteiger partial charge in [-0.05, 0) is 24.3 Å². The first-order valence-corrected chi connectivity index (χ1v) is 5.44. The van der Waals surface area contributed by atoms with Crippen LogP contribution in [-0.2, 0) is 0 Å². The Hall–Kier alpha value is -1.74. The molecule has 0 aliphatic carbocycles. The molecule has 0 aliphatic rings. The molecule has 0 bridgehead atoms. The van der Waals surface area contributed by atoms with Gasteiger partial charge in [-0.1, -0.05) is 12.1 Å². The third-order valence-electron chi connectivity index (χ3n) is 2.35. The number of rotatable bonds is 0. The van der Waals surface area contributed by atoms with E-state index in [0.29, 0.717) is 5.39 Å². The molecule has 0 atom stereocenters. The van der Waals surface area contributed by atoms with E-state index >= 15 is 0 Å². The summed E-state index contributed by atoms with van der Waals surface area (Å²) in [4.78, 5) is 17.1. The fourth-order valence-electron chi connectivity index (χ4n) is 1.64. The van der Waals surface area contributed by atoms with Crippen molar-refractivity contribution in [2.45, 2.75) is 0 Å². The summed E-state index contributed by atoms with van der Waals surface area (Å²) in [7, 11) is 0. The largest absolute Gasteiger partial charge is 0.288 e. The minimum absolute atomic E-state index is 0.0763. The van der Waals surface area contributed by atoms with Crippen molar-refractivity contribution in [2.75, 3.05) is 0 Å². The van der Waals surface area contributed by atoms with Crippen LogP contribution in [0.3, 0.4) is 0 Å². The van der Waals surface area contributed by atoms with Crippen molar-refractivity contribution in [3.63, 3.8) is 0 Å². The summed E-state index contributed by atoms with van der Waals surface area (Å²) in [5.41, 5.74) is 0.0763. The highest BCUT2D eigenvalue weighted by Crippen LogP contribution is 2.21. The normalized spacial score (nSPS) is 10.9. The van der Waals surface area contributed by atoms with Gasteiger partial charge in [0.1, 0.15) is 4.83 Å². The quantitative estimate of drug-likeness (QED) is 0.537. The Morgan fingerprint density at radius 1 is 1.00 bits per heavy atom. The van der Waals surface area contributed by atoms with Gasteiger partial charge in [0.25, 0.3) is 0 Å². The van der Waals surface area contributed by atoms with E-state index in [4.69, 9.17) is 0 Å². The molecule has 0 spiro atoms. The van der Waals surface area contributed by atoms with E-state index in [1.165, 1.54) is 0 Å². The zero-order chi connectivity index (χ0) is 10.3. The summed E-state index contributed by atoms with van der Waals surface area (Å²) in [6.07, 6.45) is 1.72. The second-order valence-electron chi connectivity index (χ2n) is 3.28. The second-order valence-corrected chi connectivity index (χ2v) is 4.31. The van der Waals surface area contributed by atoms with Crippen LogP contribution in [0.4, 0.5) is 0 Å². The molecule has 2 aromatic heterocycles. The van der Waals surface area contributed by atoms with Crippen molar-refractivity contribution >= 4 is 31.6 Å². The Morgan fingerprint density at radius 3 is 2.73 bits per heavy atom. The first-order valence-electron chi connectivity index (χ1n) is 4.63. The fraction of sp³-hybridized carbons (Fsp3) is 0. The molecule has 15 heavy (non-hydrogen) atoms.